The second-order valence-electron chi connectivity index (χ2n) is 5.05. The summed E-state index contributed by atoms with van der Waals surface area (Å²) in [5, 5.41) is 0. The standard InChI is InChI=1S/C16H15N4/c1-12-11-19-14-8-4-3-7-13(14)17-16(19)20(12)15-9-5-6-10-18(15)2/h3-11H,1-2H3/q+1. The molecule has 0 saturated carbocycles. The van der Waals surface area contributed by atoms with Crippen LogP contribution in [0.4, 0.5) is 0 Å². The van der Waals surface area contributed by atoms with Gasteiger partial charge < -0.3 is 0 Å². The number of benzene rings is 1. The average molecular weight is 263 g/mol. The smallest absolute Gasteiger partial charge is 0.261 e. The topological polar surface area (TPSA) is 26.1 Å². The van der Waals surface area contributed by atoms with Gasteiger partial charge in [0.15, 0.2) is 0 Å². The molecular weight excluding hydrogens is 248 g/mol. The number of aromatic nitrogens is 4. The highest BCUT2D eigenvalue weighted by Crippen LogP contribution is 2.21. The molecule has 0 atom stereocenters. The lowest BCUT2D eigenvalue weighted by Crippen LogP contribution is -2.33. The maximum Gasteiger partial charge on any atom is 0.311 e. The maximum atomic E-state index is 4.77. The van der Waals surface area contributed by atoms with E-state index in [9.17, 15) is 0 Å². The van der Waals surface area contributed by atoms with Crippen molar-refractivity contribution in [3.63, 3.8) is 0 Å². The Hall–Kier alpha value is -2.62. The molecule has 0 bridgehead atoms. The first-order valence-electron chi connectivity index (χ1n) is 6.66. The zero-order valence-electron chi connectivity index (χ0n) is 11.5. The van der Waals surface area contributed by atoms with Crippen molar-refractivity contribution in [2.24, 2.45) is 7.05 Å². The molecule has 0 fully saturated rings. The Bertz CT molecular complexity index is 930. The molecule has 0 saturated heterocycles. The Morgan fingerprint density at radius 2 is 1.85 bits per heavy atom. The molecule has 3 aromatic heterocycles. The molecular formula is C16H15N4+. The van der Waals surface area contributed by atoms with Crippen LogP contribution < -0.4 is 4.57 Å². The summed E-state index contributed by atoms with van der Waals surface area (Å²) < 4.78 is 6.43. The van der Waals surface area contributed by atoms with Gasteiger partial charge in [0.25, 0.3) is 5.82 Å². The number of pyridine rings is 1. The molecule has 4 nitrogen and oxygen atoms in total. The van der Waals surface area contributed by atoms with E-state index in [1.54, 1.807) is 0 Å². The molecule has 0 aliphatic heterocycles. The lowest BCUT2D eigenvalue weighted by molar-refractivity contribution is -0.665. The van der Waals surface area contributed by atoms with Crippen LogP contribution >= 0.6 is 0 Å². The van der Waals surface area contributed by atoms with E-state index in [1.165, 1.54) is 5.69 Å². The minimum Gasteiger partial charge on any atom is -0.261 e. The van der Waals surface area contributed by atoms with Crippen molar-refractivity contribution in [1.82, 2.24) is 14.0 Å². The van der Waals surface area contributed by atoms with E-state index in [0.29, 0.717) is 0 Å². The van der Waals surface area contributed by atoms with E-state index in [0.717, 1.165) is 22.6 Å². The number of hydrogen-bond donors (Lipinski definition) is 0. The van der Waals surface area contributed by atoms with Gasteiger partial charge in [-0.3, -0.25) is 4.40 Å². The molecule has 0 spiro atoms. The fraction of sp³-hybridized carbons (Fsp3) is 0.125. The van der Waals surface area contributed by atoms with Crippen molar-refractivity contribution in [1.29, 1.82) is 0 Å². The molecule has 4 heteroatoms. The highest BCUT2D eigenvalue weighted by Gasteiger charge is 2.20. The van der Waals surface area contributed by atoms with Crippen molar-refractivity contribution < 1.29 is 4.57 Å². The Kier molecular flexibility index (Phi) is 2.21. The second-order valence-corrected chi connectivity index (χ2v) is 5.05. The van der Waals surface area contributed by atoms with Crippen LogP contribution in [0.1, 0.15) is 5.69 Å². The number of fused-ring (bicyclic) bond motifs is 3. The van der Waals surface area contributed by atoms with E-state index >= 15 is 0 Å². The fourth-order valence-electron chi connectivity index (χ4n) is 2.75. The van der Waals surface area contributed by atoms with E-state index in [-0.39, 0.29) is 0 Å². The molecule has 0 aliphatic carbocycles. The SMILES string of the molecule is Cc1cn2c3ccccc3nc2n1-c1cccc[n+]1C. The summed E-state index contributed by atoms with van der Waals surface area (Å²) in [6.07, 6.45) is 4.19. The van der Waals surface area contributed by atoms with Crippen LogP contribution in [0.2, 0.25) is 0 Å². The lowest BCUT2D eigenvalue weighted by Gasteiger charge is -2.01. The number of hydrogen-bond acceptors (Lipinski definition) is 1. The van der Waals surface area contributed by atoms with Crippen LogP contribution in [0.25, 0.3) is 22.6 Å². The molecule has 0 aliphatic rings. The Labute approximate surface area is 116 Å². The molecule has 1 aromatic carbocycles. The second kappa shape index (κ2) is 3.93. The number of para-hydroxylation sites is 2. The van der Waals surface area contributed by atoms with Crippen molar-refractivity contribution in [2.75, 3.05) is 0 Å². The molecule has 4 rings (SSSR count). The average Bonchev–Trinajstić information content (AvgIpc) is 2.95. The molecule has 0 radical (unpaired) electrons. The van der Waals surface area contributed by atoms with Crippen molar-refractivity contribution in [3.05, 3.63) is 60.6 Å². The van der Waals surface area contributed by atoms with E-state index in [1.807, 2.05) is 43.6 Å². The van der Waals surface area contributed by atoms with Gasteiger partial charge in [0, 0.05) is 6.07 Å². The molecule has 0 N–H and O–H groups in total. The number of rotatable bonds is 1. The van der Waals surface area contributed by atoms with Crippen LogP contribution in [-0.4, -0.2) is 14.0 Å². The van der Waals surface area contributed by atoms with E-state index in [4.69, 9.17) is 4.98 Å². The number of nitrogens with zero attached hydrogens (tertiary/aromatic N) is 4. The van der Waals surface area contributed by atoms with E-state index < -0.39 is 0 Å². The predicted octanol–water partition coefficient (Wildman–Crippen LogP) is 2.41. The third-order valence-electron chi connectivity index (χ3n) is 3.70. The monoisotopic (exact) mass is 263 g/mol. The lowest BCUT2D eigenvalue weighted by atomic mass is 10.3. The summed E-state index contributed by atoms with van der Waals surface area (Å²) in [7, 11) is 2.05. The van der Waals surface area contributed by atoms with E-state index in [2.05, 4.69) is 38.8 Å². The van der Waals surface area contributed by atoms with Gasteiger partial charge in [0.2, 0.25) is 0 Å². The first-order valence-corrected chi connectivity index (χ1v) is 6.66. The van der Waals surface area contributed by atoms with Crippen LogP contribution in [-0.2, 0) is 7.05 Å². The highest BCUT2D eigenvalue weighted by atomic mass is 15.3. The van der Waals surface area contributed by atoms with Crippen LogP contribution in [0.5, 0.6) is 0 Å². The Balaban J connectivity index is 2.14. The number of imidazole rings is 2. The minimum atomic E-state index is 0.950. The largest absolute Gasteiger partial charge is 0.311 e. The molecule has 98 valence electrons. The van der Waals surface area contributed by atoms with Gasteiger partial charge in [-0.25, -0.2) is 4.57 Å². The zero-order valence-corrected chi connectivity index (χ0v) is 11.5. The van der Waals surface area contributed by atoms with Crippen LogP contribution in [0, 0.1) is 6.92 Å². The maximum absolute atomic E-state index is 4.77. The van der Waals surface area contributed by atoms with Crippen molar-refractivity contribution >= 4 is 16.8 Å². The molecule has 0 amide bonds. The zero-order chi connectivity index (χ0) is 13.7. The normalized spacial score (nSPS) is 11.5. The molecule has 0 unspecified atom stereocenters. The predicted molar refractivity (Wildman–Crippen MR) is 77.9 cm³/mol. The number of aryl methyl sites for hydroxylation is 2. The van der Waals surface area contributed by atoms with Gasteiger partial charge in [-0.1, -0.05) is 18.2 Å². The molecule has 4 aromatic rings. The van der Waals surface area contributed by atoms with Gasteiger partial charge in [-0.05, 0) is 25.1 Å². The van der Waals surface area contributed by atoms with Crippen LogP contribution in [0.15, 0.2) is 54.9 Å². The summed E-state index contributed by atoms with van der Waals surface area (Å²) in [6, 6.07) is 14.4. The fourth-order valence-corrected chi connectivity index (χ4v) is 2.75. The first-order chi connectivity index (χ1) is 9.75. The van der Waals surface area contributed by atoms with Gasteiger partial charge in [-0.2, -0.15) is 9.55 Å². The summed E-state index contributed by atoms with van der Waals surface area (Å²) in [6.45, 7) is 2.11. The quantitative estimate of drug-likeness (QED) is 0.484. The molecule has 20 heavy (non-hydrogen) atoms. The minimum absolute atomic E-state index is 0.950. The van der Waals surface area contributed by atoms with Crippen LogP contribution in [0.3, 0.4) is 0 Å². The van der Waals surface area contributed by atoms with Gasteiger partial charge >= 0.3 is 5.78 Å². The molecule has 3 heterocycles. The third-order valence-corrected chi connectivity index (χ3v) is 3.70. The summed E-state index contributed by atoms with van der Waals surface area (Å²) in [5.41, 5.74) is 3.33. The summed E-state index contributed by atoms with van der Waals surface area (Å²) in [4.78, 5) is 4.77. The Morgan fingerprint density at radius 3 is 2.70 bits per heavy atom. The third kappa shape index (κ3) is 1.42. The first kappa shape index (κ1) is 11.2. The Morgan fingerprint density at radius 1 is 1.05 bits per heavy atom. The summed E-state index contributed by atoms with van der Waals surface area (Å²) in [5.74, 6) is 2.06. The van der Waals surface area contributed by atoms with Crippen molar-refractivity contribution in [2.45, 2.75) is 6.92 Å². The van der Waals surface area contributed by atoms with Gasteiger partial charge in [0.05, 0.1) is 30.5 Å². The summed E-state index contributed by atoms with van der Waals surface area (Å²) >= 11 is 0. The van der Waals surface area contributed by atoms with Gasteiger partial charge in [0.1, 0.15) is 5.69 Å². The van der Waals surface area contributed by atoms with Gasteiger partial charge in [-0.15, -0.1) is 0 Å². The van der Waals surface area contributed by atoms with Crippen molar-refractivity contribution in [3.8, 4) is 5.82 Å². The highest BCUT2D eigenvalue weighted by molar-refractivity contribution is 5.80.